The third-order valence-electron chi connectivity index (χ3n) is 3.27. The van der Waals surface area contributed by atoms with Crippen molar-refractivity contribution >= 4 is 21.6 Å². The summed E-state index contributed by atoms with van der Waals surface area (Å²) in [6.45, 7) is 0. The predicted octanol–water partition coefficient (Wildman–Crippen LogP) is -1.29. The number of benzene rings is 2. The van der Waals surface area contributed by atoms with Gasteiger partial charge < -0.3 is 4.55 Å². The molecule has 0 aliphatic heterocycles. The summed E-state index contributed by atoms with van der Waals surface area (Å²) in [5.41, 5.74) is 0.890. The molecule has 2 aromatic rings. The number of ketones is 1. The fourth-order valence-electron chi connectivity index (χ4n) is 2.32. The van der Waals surface area contributed by atoms with Gasteiger partial charge in [0, 0.05) is 23.3 Å². The maximum atomic E-state index is 12.2. The molecule has 9 heteroatoms. The predicted molar refractivity (Wildman–Crippen MR) is 69.9 cm³/mol. The molecule has 0 bridgehead atoms. The van der Waals surface area contributed by atoms with Crippen LogP contribution in [0, 0.1) is 10.1 Å². The van der Waals surface area contributed by atoms with Gasteiger partial charge in [0.25, 0.3) is 5.69 Å². The van der Waals surface area contributed by atoms with Crippen LogP contribution in [0.15, 0.2) is 41.3 Å². The summed E-state index contributed by atoms with van der Waals surface area (Å²) in [5.74, 6) is -0.533. The minimum Gasteiger partial charge on any atom is -0.744 e. The van der Waals surface area contributed by atoms with Gasteiger partial charge in [-0.25, -0.2) is 8.42 Å². The van der Waals surface area contributed by atoms with Gasteiger partial charge in [-0.3, -0.25) is 14.9 Å². The maximum Gasteiger partial charge on any atom is 1.00 e. The number of nitrogens with zero attached hydrogens (tertiary/aromatic N) is 1. The van der Waals surface area contributed by atoms with Crippen LogP contribution in [0.5, 0.6) is 0 Å². The van der Waals surface area contributed by atoms with Crippen molar-refractivity contribution in [2.24, 2.45) is 0 Å². The minimum atomic E-state index is -4.67. The Morgan fingerprint density at radius 2 is 1.45 bits per heavy atom. The second-order valence-corrected chi connectivity index (χ2v) is 5.86. The first kappa shape index (κ1) is 17.4. The first-order valence-corrected chi connectivity index (χ1v) is 7.13. The van der Waals surface area contributed by atoms with E-state index in [1.807, 2.05) is 0 Å². The Morgan fingerprint density at radius 1 is 0.909 bits per heavy atom. The van der Waals surface area contributed by atoms with E-state index in [2.05, 4.69) is 0 Å². The zero-order valence-electron chi connectivity index (χ0n) is 11.3. The quantitative estimate of drug-likeness (QED) is 0.247. The molecule has 7 nitrogen and oxygen atoms in total. The average Bonchev–Trinajstić information content (AvgIpc) is 2.70. The molecule has 0 amide bonds. The van der Waals surface area contributed by atoms with Crippen LogP contribution >= 0.6 is 0 Å². The first-order valence-electron chi connectivity index (χ1n) is 5.72. The number of rotatable bonds is 2. The van der Waals surface area contributed by atoms with Gasteiger partial charge in [-0.1, -0.05) is 6.07 Å². The summed E-state index contributed by atoms with van der Waals surface area (Å²) in [7, 11) is -4.67. The number of nitro benzene ring substituents is 1. The topological polar surface area (TPSA) is 117 Å². The SMILES string of the molecule is O=C1c2cc([N+](=O)[O-])ccc2-c2ccc(S(=O)(=O)[O-])cc21.[K+]. The Morgan fingerprint density at radius 3 is 2.00 bits per heavy atom. The molecule has 0 spiro atoms. The minimum absolute atomic E-state index is 0. The van der Waals surface area contributed by atoms with Gasteiger partial charge in [0.15, 0.2) is 5.78 Å². The molecule has 0 N–H and O–H groups in total. The van der Waals surface area contributed by atoms with E-state index in [0.717, 1.165) is 18.2 Å². The molecule has 1 aliphatic rings. The summed E-state index contributed by atoms with van der Waals surface area (Å²) in [4.78, 5) is 21.8. The molecule has 0 heterocycles. The van der Waals surface area contributed by atoms with Gasteiger partial charge in [-0.05, 0) is 29.3 Å². The van der Waals surface area contributed by atoms with Crippen LogP contribution in [0.3, 0.4) is 0 Å². The van der Waals surface area contributed by atoms with E-state index in [-0.39, 0.29) is 68.2 Å². The van der Waals surface area contributed by atoms with Crippen molar-refractivity contribution in [3.63, 3.8) is 0 Å². The Labute approximate surface area is 167 Å². The van der Waals surface area contributed by atoms with Crippen LogP contribution in [0.4, 0.5) is 5.69 Å². The van der Waals surface area contributed by atoms with Crippen LogP contribution in [-0.4, -0.2) is 23.7 Å². The van der Waals surface area contributed by atoms with Gasteiger partial charge in [0.05, 0.1) is 9.82 Å². The number of hydrogen-bond acceptors (Lipinski definition) is 6. The van der Waals surface area contributed by atoms with E-state index in [1.54, 1.807) is 0 Å². The van der Waals surface area contributed by atoms with E-state index in [1.165, 1.54) is 18.2 Å². The second-order valence-electron chi connectivity index (χ2n) is 4.48. The van der Waals surface area contributed by atoms with Crippen LogP contribution in [0.2, 0.25) is 0 Å². The molecular weight excluding hydrogens is 337 g/mol. The number of carbonyl (C=O) groups is 1. The molecule has 0 fully saturated rings. The zero-order chi connectivity index (χ0) is 15.4. The van der Waals surface area contributed by atoms with Crippen LogP contribution in [-0.2, 0) is 10.1 Å². The maximum absolute atomic E-state index is 12.2. The summed E-state index contributed by atoms with van der Waals surface area (Å²) >= 11 is 0. The third-order valence-corrected chi connectivity index (χ3v) is 4.10. The van der Waals surface area contributed by atoms with Crippen LogP contribution in [0.1, 0.15) is 15.9 Å². The van der Waals surface area contributed by atoms with Crippen molar-refractivity contribution in [2.45, 2.75) is 4.90 Å². The molecule has 22 heavy (non-hydrogen) atoms. The molecule has 0 atom stereocenters. The number of nitro groups is 1. The zero-order valence-corrected chi connectivity index (χ0v) is 15.2. The molecule has 2 aromatic carbocycles. The standard InChI is InChI=1S/C13H7NO6S.K/c15-13-11-5-7(14(16)17)1-3-9(11)10-4-2-8(6-12(10)13)21(18,19)20;/h1-6H,(H,18,19,20);/q;+1/p-1. The average molecular weight is 343 g/mol. The monoisotopic (exact) mass is 343 g/mol. The Kier molecular flexibility index (Phi) is 4.69. The van der Waals surface area contributed by atoms with E-state index in [0.29, 0.717) is 11.1 Å². The fourth-order valence-corrected chi connectivity index (χ4v) is 2.81. The smallest absolute Gasteiger partial charge is 0.744 e. The van der Waals surface area contributed by atoms with Crippen molar-refractivity contribution in [1.29, 1.82) is 0 Å². The first-order chi connectivity index (χ1) is 9.79. The van der Waals surface area contributed by atoms with Crippen LogP contribution < -0.4 is 51.4 Å². The second kappa shape index (κ2) is 5.93. The largest absolute Gasteiger partial charge is 1.00 e. The normalized spacial score (nSPS) is 12.3. The summed E-state index contributed by atoms with van der Waals surface area (Å²) in [6.07, 6.45) is 0. The molecule has 0 saturated heterocycles. The molecule has 0 unspecified atom stereocenters. The molecule has 1 aliphatic carbocycles. The number of carbonyl (C=O) groups excluding carboxylic acids is 1. The number of fused-ring (bicyclic) bond motifs is 3. The van der Waals surface area contributed by atoms with E-state index < -0.39 is 25.7 Å². The molecule has 0 aromatic heterocycles. The Hall–Kier alpha value is -0.944. The number of hydrogen-bond donors (Lipinski definition) is 0. The molecule has 0 saturated carbocycles. The van der Waals surface area contributed by atoms with E-state index >= 15 is 0 Å². The molecular formula is C13H6KNO6S. The van der Waals surface area contributed by atoms with Crippen molar-refractivity contribution in [2.75, 3.05) is 0 Å². The van der Waals surface area contributed by atoms with Gasteiger partial charge in [0.2, 0.25) is 0 Å². The van der Waals surface area contributed by atoms with Crippen LogP contribution in [0.25, 0.3) is 11.1 Å². The van der Waals surface area contributed by atoms with E-state index in [4.69, 9.17) is 0 Å². The summed E-state index contributed by atoms with van der Waals surface area (Å²) in [5, 5.41) is 10.7. The number of non-ortho nitro benzene ring substituents is 1. The van der Waals surface area contributed by atoms with Gasteiger partial charge in [0.1, 0.15) is 10.1 Å². The van der Waals surface area contributed by atoms with Gasteiger partial charge in [-0.15, -0.1) is 0 Å². The van der Waals surface area contributed by atoms with Crippen molar-refractivity contribution < 1.29 is 74.1 Å². The fraction of sp³-hybridized carbons (Fsp3) is 0. The van der Waals surface area contributed by atoms with E-state index in [9.17, 15) is 27.9 Å². The van der Waals surface area contributed by atoms with Crippen molar-refractivity contribution in [1.82, 2.24) is 0 Å². The molecule has 0 radical (unpaired) electrons. The van der Waals surface area contributed by atoms with Gasteiger partial charge >= 0.3 is 51.4 Å². The van der Waals surface area contributed by atoms with Crippen molar-refractivity contribution in [3.8, 4) is 11.1 Å². The molecule has 106 valence electrons. The third kappa shape index (κ3) is 2.81. The Bertz CT molecular complexity index is 922. The van der Waals surface area contributed by atoms with Crippen molar-refractivity contribution in [3.05, 3.63) is 57.6 Å². The molecule has 3 rings (SSSR count). The summed E-state index contributed by atoms with van der Waals surface area (Å²) < 4.78 is 33.0. The Balaban J connectivity index is 0.00000176. The van der Waals surface area contributed by atoms with Gasteiger partial charge in [-0.2, -0.15) is 0 Å². The summed E-state index contributed by atoms with van der Waals surface area (Å²) in [6, 6.07) is 7.32.